The van der Waals surface area contributed by atoms with E-state index in [0.717, 1.165) is 5.56 Å². The van der Waals surface area contributed by atoms with E-state index in [0.29, 0.717) is 12.2 Å². The topological polar surface area (TPSA) is 53.5 Å². The molecule has 1 aliphatic heterocycles. The molecule has 1 aliphatic rings. The first-order valence-electron chi connectivity index (χ1n) is 6.18. The Morgan fingerprint density at radius 1 is 1.44 bits per heavy atom. The molecule has 0 radical (unpaired) electrons. The molecule has 5 heteroatoms. The normalized spacial score (nSPS) is 23.6. The second kappa shape index (κ2) is 5.65. The van der Waals surface area contributed by atoms with Crippen LogP contribution in [0.3, 0.4) is 0 Å². The molecule has 0 saturated carbocycles. The first-order valence-corrected chi connectivity index (χ1v) is 6.18. The number of hydrazine groups is 1. The van der Waals surface area contributed by atoms with Gasteiger partial charge in [0.1, 0.15) is 11.6 Å². The highest BCUT2D eigenvalue weighted by Gasteiger charge is 2.27. The third-order valence-corrected chi connectivity index (χ3v) is 2.91. The van der Waals surface area contributed by atoms with Crippen LogP contribution in [-0.2, 0) is 0 Å². The van der Waals surface area contributed by atoms with Crippen LogP contribution in [0.15, 0.2) is 18.2 Å². The van der Waals surface area contributed by atoms with Gasteiger partial charge in [-0.3, -0.25) is 5.43 Å². The maximum Gasteiger partial charge on any atom is 0.124 e. The Bertz CT molecular complexity index is 412. The van der Waals surface area contributed by atoms with Crippen molar-refractivity contribution in [2.24, 2.45) is 0 Å². The average Bonchev–Trinajstić information content (AvgIpc) is 2.79. The zero-order chi connectivity index (χ0) is 13.1. The minimum atomic E-state index is -0.282. The summed E-state index contributed by atoms with van der Waals surface area (Å²) in [5.41, 5.74) is 6.82. The molecular formula is C13H19FN2O2. The fraction of sp³-hybridized carbons (Fsp3) is 0.538. The largest absolute Gasteiger partial charge is 0.491 e. The standard InChI is InChI=1S/C13H19FN2O2/c1-8(2)18-13-4-3-9(14)5-11(13)12-6-10(7-17)15-16-12/h3-5,8,10,12,15-17H,6-7H2,1-2H3. The zero-order valence-corrected chi connectivity index (χ0v) is 10.6. The van der Waals surface area contributed by atoms with E-state index >= 15 is 0 Å². The summed E-state index contributed by atoms with van der Waals surface area (Å²) in [6.45, 7) is 3.92. The summed E-state index contributed by atoms with van der Waals surface area (Å²) in [5, 5.41) is 9.09. The van der Waals surface area contributed by atoms with Gasteiger partial charge in [0.15, 0.2) is 0 Å². The molecule has 2 unspecified atom stereocenters. The van der Waals surface area contributed by atoms with E-state index in [1.54, 1.807) is 6.07 Å². The number of nitrogens with one attached hydrogen (secondary N) is 2. The Labute approximate surface area is 106 Å². The van der Waals surface area contributed by atoms with E-state index in [9.17, 15) is 4.39 Å². The van der Waals surface area contributed by atoms with Crippen molar-refractivity contribution >= 4 is 0 Å². The van der Waals surface area contributed by atoms with Gasteiger partial charge in [-0.2, -0.15) is 0 Å². The maximum atomic E-state index is 13.4. The fourth-order valence-electron chi connectivity index (χ4n) is 2.10. The molecule has 3 N–H and O–H groups in total. The van der Waals surface area contributed by atoms with Crippen LogP contribution in [0.25, 0.3) is 0 Å². The van der Waals surface area contributed by atoms with Crippen LogP contribution in [-0.4, -0.2) is 23.9 Å². The third kappa shape index (κ3) is 2.98. The van der Waals surface area contributed by atoms with Crippen LogP contribution in [0.5, 0.6) is 5.75 Å². The number of halogens is 1. The molecule has 1 aromatic carbocycles. The lowest BCUT2D eigenvalue weighted by atomic mass is 10.0. The van der Waals surface area contributed by atoms with Crippen molar-refractivity contribution in [2.75, 3.05) is 6.61 Å². The van der Waals surface area contributed by atoms with Gasteiger partial charge in [-0.05, 0) is 38.5 Å². The predicted octanol–water partition coefficient (Wildman–Crippen LogP) is 1.51. The van der Waals surface area contributed by atoms with Crippen LogP contribution in [0.4, 0.5) is 4.39 Å². The summed E-state index contributed by atoms with van der Waals surface area (Å²) < 4.78 is 19.0. The van der Waals surface area contributed by atoms with E-state index in [-0.39, 0.29) is 30.6 Å². The minimum Gasteiger partial charge on any atom is -0.491 e. The van der Waals surface area contributed by atoms with Gasteiger partial charge in [0.2, 0.25) is 0 Å². The highest BCUT2D eigenvalue weighted by Crippen LogP contribution is 2.31. The van der Waals surface area contributed by atoms with E-state index in [1.807, 2.05) is 13.8 Å². The molecule has 0 aromatic heterocycles. The highest BCUT2D eigenvalue weighted by molar-refractivity contribution is 5.37. The van der Waals surface area contributed by atoms with Crippen LogP contribution >= 0.6 is 0 Å². The fourth-order valence-corrected chi connectivity index (χ4v) is 2.10. The Kier molecular flexibility index (Phi) is 4.16. The van der Waals surface area contributed by atoms with Gasteiger partial charge in [-0.15, -0.1) is 0 Å². The Morgan fingerprint density at radius 2 is 2.22 bits per heavy atom. The molecule has 1 fully saturated rings. The molecule has 100 valence electrons. The highest BCUT2D eigenvalue weighted by atomic mass is 19.1. The van der Waals surface area contributed by atoms with Crippen molar-refractivity contribution in [3.05, 3.63) is 29.6 Å². The van der Waals surface area contributed by atoms with Gasteiger partial charge >= 0.3 is 0 Å². The first-order chi connectivity index (χ1) is 8.60. The lowest BCUT2D eigenvalue weighted by Gasteiger charge is -2.18. The van der Waals surface area contributed by atoms with E-state index in [4.69, 9.17) is 9.84 Å². The van der Waals surface area contributed by atoms with Gasteiger partial charge in [0.05, 0.1) is 18.8 Å². The molecule has 1 heterocycles. The summed E-state index contributed by atoms with van der Waals surface area (Å²) in [4.78, 5) is 0. The second-order valence-corrected chi connectivity index (χ2v) is 4.81. The number of rotatable bonds is 4. The van der Waals surface area contributed by atoms with Gasteiger partial charge in [-0.1, -0.05) is 0 Å². The van der Waals surface area contributed by atoms with Gasteiger partial charge in [0.25, 0.3) is 0 Å². The number of hydrogen-bond acceptors (Lipinski definition) is 4. The summed E-state index contributed by atoms with van der Waals surface area (Å²) in [7, 11) is 0. The molecule has 2 atom stereocenters. The second-order valence-electron chi connectivity index (χ2n) is 4.81. The van der Waals surface area contributed by atoms with E-state index in [2.05, 4.69) is 10.9 Å². The number of aliphatic hydroxyl groups excluding tert-OH is 1. The lowest BCUT2D eigenvalue weighted by molar-refractivity contribution is 0.237. The Hall–Kier alpha value is -1.17. The lowest BCUT2D eigenvalue weighted by Crippen LogP contribution is -2.33. The van der Waals surface area contributed by atoms with Gasteiger partial charge in [0, 0.05) is 11.6 Å². The molecule has 4 nitrogen and oxygen atoms in total. The average molecular weight is 254 g/mol. The zero-order valence-electron chi connectivity index (χ0n) is 10.6. The summed E-state index contributed by atoms with van der Waals surface area (Å²) in [5.74, 6) is 0.402. The van der Waals surface area contributed by atoms with Gasteiger partial charge < -0.3 is 9.84 Å². The monoisotopic (exact) mass is 254 g/mol. The predicted molar refractivity (Wildman–Crippen MR) is 66.7 cm³/mol. The Balaban J connectivity index is 2.22. The molecule has 0 bridgehead atoms. The van der Waals surface area contributed by atoms with Crippen molar-refractivity contribution in [3.63, 3.8) is 0 Å². The summed E-state index contributed by atoms with van der Waals surface area (Å²) >= 11 is 0. The van der Waals surface area contributed by atoms with Crippen molar-refractivity contribution in [3.8, 4) is 5.75 Å². The number of hydrogen-bond donors (Lipinski definition) is 3. The number of benzene rings is 1. The molecule has 0 spiro atoms. The molecule has 0 aliphatic carbocycles. The van der Waals surface area contributed by atoms with Crippen LogP contribution < -0.4 is 15.6 Å². The van der Waals surface area contributed by atoms with Crippen molar-refractivity contribution < 1.29 is 14.2 Å². The molecule has 2 rings (SSSR count). The van der Waals surface area contributed by atoms with Gasteiger partial charge in [-0.25, -0.2) is 9.82 Å². The van der Waals surface area contributed by atoms with Crippen LogP contribution in [0.1, 0.15) is 31.9 Å². The quantitative estimate of drug-likeness (QED) is 0.762. The van der Waals surface area contributed by atoms with E-state index < -0.39 is 0 Å². The SMILES string of the molecule is CC(C)Oc1ccc(F)cc1C1CC(CO)NN1. The molecule has 18 heavy (non-hydrogen) atoms. The van der Waals surface area contributed by atoms with Crippen LogP contribution in [0.2, 0.25) is 0 Å². The molecule has 0 amide bonds. The van der Waals surface area contributed by atoms with E-state index in [1.165, 1.54) is 12.1 Å². The molecule has 1 saturated heterocycles. The number of ether oxygens (including phenoxy) is 1. The smallest absolute Gasteiger partial charge is 0.124 e. The summed E-state index contributed by atoms with van der Waals surface area (Å²) in [6.07, 6.45) is 0.742. The maximum absolute atomic E-state index is 13.4. The Morgan fingerprint density at radius 3 is 2.83 bits per heavy atom. The molecule has 1 aromatic rings. The third-order valence-electron chi connectivity index (χ3n) is 2.91. The van der Waals surface area contributed by atoms with Crippen molar-refractivity contribution in [2.45, 2.75) is 38.5 Å². The summed E-state index contributed by atoms with van der Waals surface area (Å²) in [6, 6.07) is 4.47. The first kappa shape index (κ1) is 13.3. The van der Waals surface area contributed by atoms with Crippen molar-refractivity contribution in [1.29, 1.82) is 0 Å². The van der Waals surface area contributed by atoms with Crippen molar-refractivity contribution in [1.82, 2.24) is 10.9 Å². The van der Waals surface area contributed by atoms with Crippen LogP contribution in [0, 0.1) is 5.82 Å². The minimum absolute atomic E-state index is 0.00910. The molecular weight excluding hydrogens is 235 g/mol. The number of aliphatic hydroxyl groups is 1.